The first kappa shape index (κ1) is 15.0. The maximum absolute atomic E-state index is 12.3. The van der Waals surface area contributed by atoms with Gasteiger partial charge in [-0.2, -0.15) is 15.2 Å². The van der Waals surface area contributed by atoms with Gasteiger partial charge in [0.05, 0.1) is 6.07 Å². The smallest absolute Gasteiger partial charge is 0.206 e. The molecule has 0 atom stereocenters. The average Bonchev–Trinajstić information content (AvgIpc) is 2.91. The Morgan fingerprint density at radius 2 is 2.00 bits per heavy atom. The zero-order valence-corrected chi connectivity index (χ0v) is 12.7. The fourth-order valence-corrected chi connectivity index (χ4v) is 4.80. The zero-order chi connectivity index (χ0) is 14.8. The molecule has 0 saturated heterocycles. The largest absolute Gasteiger partial charge is 0.251 e. The van der Waals surface area contributed by atoms with E-state index in [1.165, 1.54) is 12.1 Å². The highest BCUT2D eigenvalue weighted by Crippen LogP contribution is 2.33. The number of hydrogen-bond donors (Lipinski definition) is 1. The summed E-state index contributed by atoms with van der Waals surface area (Å²) in [6.07, 6.45) is 2.73. The molecule has 1 aromatic heterocycles. The highest BCUT2D eigenvalue weighted by atomic mass is 32.2. The van der Waals surface area contributed by atoms with Crippen LogP contribution in [0, 0.1) is 28.6 Å². The molecule has 1 fully saturated rings. The molecule has 0 amide bonds. The molecule has 0 unspecified atom stereocenters. The summed E-state index contributed by atoms with van der Waals surface area (Å²) in [4.78, 5) is 0.341. The number of thiophene rings is 1. The number of hydrogen-bond acceptors (Lipinski definition) is 5. The van der Waals surface area contributed by atoms with Crippen molar-refractivity contribution in [3.63, 3.8) is 0 Å². The number of nitrogens with one attached hydrogen (secondary N) is 1. The first-order chi connectivity index (χ1) is 9.41. The van der Waals surface area contributed by atoms with Gasteiger partial charge >= 0.3 is 0 Å². The van der Waals surface area contributed by atoms with Gasteiger partial charge in [-0.3, -0.25) is 0 Å². The van der Waals surface area contributed by atoms with E-state index in [0.29, 0.717) is 23.6 Å². The minimum absolute atomic E-state index is 0.0855. The summed E-state index contributed by atoms with van der Waals surface area (Å²) in [7, 11) is -3.74. The lowest BCUT2D eigenvalue weighted by atomic mass is 9.79. The van der Waals surface area contributed by atoms with E-state index >= 15 is 0 Å². The SMILES string of the molecule is CC1CCC(C#N)(NS(=O)(=O)c2ccc(C#N)s2)CC1. The zero-order valence-electron chi connectivity index (χ0n) is 11.1. The molecule has 0 aromatic carbocycles. The molecule has 1 saturated carbocycles. The van der Waals surface area contributed by atoms with Gasteiger partial charge < -0.3 is 0 Å². The van der Waals surface area contributed by atoms with E-state index in [1.54, 1.807) is 0 Å². The number of rotatable bonds is 3. The molecule has 1 aliphatic carbocycles. The highest BCUT2D eigenvalue weighted by molar-refractivity contribution is 7.91. The van der Waals surface area contributed by atoms with Crippen LogP contribution in [0.4, 0.5) is 0 Å². The van der Waals surface area contributed by atoms with Crippen LogP contribution in [0.3, 0.4) is 0 Å². The van der Waals surface area contributed by atoms with Crippen LogP contribution in [-0.2, 0) is 10.0 Å². The first-order valence-electron chi connectivity index (χ1n) is 6.36. The van der Waals surface area contributed by atoms with Gasteiger partial charge in [-0.05, 0) is 43.7 Å². The lowest BCUT2D eigenvalue weighted by Crippen LogP contribution is -2.49. The number of nitrogens with zero attached hydrogens (tertiary/aromatic N) is 2. The molecular formula is C13H15N3O2S2. The second-order valence-electron chi connectivity index (χ2n) is 5.21. The van der Waals surface area contributed by atoms with E-state index in [4.69, 9.17) is 5.26 Å². The maximum Gasteiger partial charge on any atom is 0.251 e. The summed E-state index contributed by atoms with van der Waals surface area (Å²) < 4.78 is 27.3. The van der Waals surface area contributed by atoms with Gasteiger partial charge in [0.15, 0.2) is 0 Å². The van der Waals surface area contributed by atoms with Crippen molar-refractivity contribution in [2.24, 2.45) is 5.92 Å². The van der Waals surface area contributed by atoms with Gasteiger partial charge in [0.1, 0.15) is 20.7 Å². The molecule has 1 heterocycles. The van der Waals surface area contributed by atoms with Crippen molar-refractivity contribution < 1.29 is 8.42 Å². The fourth-order valence-electron chi connectivity index (χ4n) is 2.32. The highest BCUT2D eigenvalue weighted by Gasteiger charge is 2.38. The topological polar surface area (TPSA) is 93.8 Å². The minimum Gasteiger partial charge on any atom is -0.206 e. The maximum atomic E-state index is 12.3. The van der Waals surface area contributed by atoms with Crippen LogP contribution < -0.4 is 4.72 Å². The van der Waals surface area contributed by atoms with E-state index in [1.807, 2.05) is 6.07 Å². The summed E-state index contributed by atoms with van der Waals surface area (Å²) in [6, 6.07) is 6.93. The van der Waals surface area contributed by atoms with Crippen molar-refractivity contribution in [3.05, 3.63) is 17.0 Å². The Balaban J connectivity index is 2.23. The Kier molecular flexibility index (Phi) is 4.14. The molecule has 1 aromatic rings. The van der Waals surface area contributed by atoms with Crippen molar-refractivity contribution in [2.45, 2.75) is 42.4 Å². The third kappa shape index (κ3) is 3.01. The van der Waals surface area contributed by atoms with E-state index in [0.717, 1.165) is 24.2 Å². The van der Waals surface area contributed by atoms with Gasteiger partial charge in [0.25, 0.3) is 10.0 Å². The summed E-state index contributed by atoms with van der Waals surface area (Å²) in [5.41, 5.74) is -1.01. The van der Waals surface area contributed by atoms with Gasteiger partial charge in [0, 0.05) is 0 Å². The van der Waals surface area contributed by atoms with E-state index in [-0.39, 0.29) is 4.21 Å². The van der Waals surface area contributed by atoms with Crippen molar-refractivity contribution in [1.82, 2.24) is 4.72 Å². The third-order valence-electron chi connectivity index (χ3n) is 3.63. The second kappa shape index (κ2) is 5.53. The van der Waals surface area contributed by atoms with Crippen molar-refractivity contribution in [2.75, 3.05) is 0 Å². The van der Waals surface area contributed by atoms with Gasteiger partial charge in [-0.1, -0.05) is 6.92 Å². The predicted molar refractivity (Wildman–Crippen MR) is 75.3 cm³/mol. The molecule has 7 heteroatoms. The number of nitriles is 2. The summed E-state index contributed by atoms with van der Waals surface area (Å²) in [5, 5.41) is 18.1. The monoisotopic (exact) mass is 309 g/mol. The predicted octanol–water partition coefficient (Wildman–Crippen LogP) is 2.37. The van der Waals surface area contributed by atoms with Crippen molar-refractivity contribution >= 4 is 21.4 Å². The van der Waals surface area contributed by atoms with Gasteiger partial charge in [-0.15, -0.1) is 11.3 Å². The fraction of sp³-hybridized carbons (Fsp3) is 0.538. The summed E-state index contributed by atoms with van der Waals surface area (Å²) in [6.45, 7) is 2.11. The quantitative estimate of drug-likeness (QED) is 0.927. The lowest BCUT2D eigenvalue weighted by molar-refractivity contribution is 0.278. The molecule has 1 aliphatic rings. The molecule has 2 rings (SSSR count). The van der Waals surface area contributed by atoms with Crippen molar-refractivity contribution in [1.29, 1.82) is 10.5 Å². The van der Waals surface area contributed by atoms with Gasteiger partial charge in [-0.25, -0.2) is 8.42 Å². The first-order valence-corrected chi connectivity index (χ1v) is 8.66. The summed E-state index contributed by atoms with van der Waals surface area (Å²) >= 11 is 0.917. The van der Waals surface area contributed by atoms with Crippen LogP contribution in [0.15, 0.2) is 16.3 Å². The Labute approximate surface area is 122 Å². The van der Waals surface area contributed by atoms with Crippen LogP contribution in [0.5, 0.6) is 0 Å². The van der Waals surface area contributed by atoms with Crippen LogP contribution in [-0.4, -0.2) is 14.0 Å². The lowest BCUT2D eigenvalue weighted by Gasteiger charge is -2.33. The molecule has 5 nitrogen and oxygen atoms in total. The minimum atomic E-state index is -3.74. The van der Waals surface area contributed by atoms with Crippen molar-refractivity contribution in [3.8, 4) is 12.1 Å². The molecule has 0 bridgehead atoms. The molecule has 0 spiro atoms. The molecule has 0 aliphatic heterocycles. The molecule has 1 N–H and O–H groups in total. The van der Waals surface area contributed by atoms with Crippen LogP contribution in [0.2, 0.25) is 0 Å². The Hall–Kier alpha value is -1.41. The Morgan fingerprint density at radius 3 is 2.50 bits per heavy atom. The number of sulfonamides is 1. The molecule has 106 valence electrons. The molecule has 0 radical (unpaired) electrons. The molecular weight excluding hydrogens is 294 g/mol. The third-order valence-corrected chi connectivity index (χ3v) is 6.65. The van der Waals surface area contributed by atoms with Crippen LogP contribution in [0.25, 0.3) is 0 Å². The second-order valence-corrected chi connectivity index (χ2v) is 8.21. The standard InChI is InChI=1S/C13H15N3O2S2/c1-10-4-6-13(9-15,7-5-10)16-20(17,18)12-3-2-11(8-14)19-12/h2-3,10,16H,4-7H2,1H3. The average molecular weight is 309 g/mol. The Bertz CT molecular complexity index is 671. The summed E-state index contributed by atoms with van der Waals surface area (Å²) in [5.74, 6) is 0.521. The van der Waals surface area contributed by atoms with E-state index in [9.17, 15) is 13.7 Å². The van der Waals surface area contributed by atoms with Gasteiger partial charge in [0.2, 0.25) is 0 Å². The Morgan fingerprint density at radius 1 is 1.35 bits per heavy atom. The molecule has 20 heavy (non-hydrogen) atoms. The van der Waals surface area contributed by atoms with E-state index in [2.05, 4.69) is 17.7 Å². The normalized spacial score (nSPS) is 26.6. The van der Waals surface area contributed by atoms with E-state index < -0.39 is 15.6 Å². The van der Waals surface area contributed by atoms with Crippen LogP contribution in [0.1, 0.15) is 37.5 Å². The van der Waals surface area contributed by atoms with Crippen LogP contribution >= 0.6 is 11.3 Å².